The SMILES string of the molecule is CCNC(=NCCN(C(C)C)C(C)C)N(C)CC(=O)N(CC)CC. The first-order chi connectivity index (χ1) is 11.3. The molecule has 0 rings (SSSR count). The van der Waals surface area contributed by atoms with Gasteiger partial charge in [0, 0.05) is 45.3 Å². The van der Waals surface area contributed by atoms with Gasteiger partial charge in [0.2, 0.25) is 5.91 Å². The van der Waals surface area contributed by atoms with Crippen LogP contribution in [0.4, 0.5) is 0 Å². The van der Waals surface area contributed by atoms with Gasteiger partial charge in [-0.25, -0.2) is 0 Å². The molecule has 0 aromatic rings. The number of hydrogen-bond acceptors (Lipinski definition) is 3. The minimum Gasteiger partial charge on any atom is -0.357 e. The summed E-state index contributed by atoms with van der Waals surface area (Å²) < 4.78 is 0. The highest BCUT2D eigenvalue weighted by atomic mass is 16.2. The van der Waals surface area contributed by atoms with Gasteiger partial charge in [0.1, 0.15) is 0 Å². The predicted molar refractivity (Wildman–Crippen MR) is 104 cm³/mol. The summed E-state index contributed by atoms with van der Waals surface area (Å²) in [4.78, 5) is 23.2. The van der Waals surface area contributed by atoms with Crippen molar-refractivity contribution in [2.24, 2.45) is 4.99 Å². The molecule has 0 radical (unpaired) electrons. The summed E-state index contributed by atoms with van der Waals surface area (Å²) in [5, 5.41) is 3.28. The van der Waals surface area contributed by atoms with Crippen molar-refractivity contribution in [2.45, 2.75) is 60.5 Å². The zero-order valence-corrected chi connectivity index (χ0v) is 17.1. The van der Waals surface area contributed by atoms with Crippen LogP contribution in [0.3, 0.4) is 0 Å². The number of amides is 1. The highest BCUT2D eigenvalue weighted by molar-refractivity contribution is 5.86. The molecule has 6 nitrogen and oxygen atoms in total. The molecule has 0 aliphatic heterocycles. The Labute approximate surface area is 149 Å². The maximum Gasteiger partial charge on any atom is 0.242 e. The normalized spacial score (nSPS) is 12.2. The Morgan fingerprint density at radius 2 is 1.58 bits per heavy atom. The lowest BCUT2D eigenvalue weighted by Gasteiger charge is -2.30. The number of rotatable bonds is 10. The highest BCUT2D eigenvalue weighted by Crippen LogP contribution is 2.04. The van der Waals surface area contributed by atoms with E-state index < -0.39 is 0 Å². The molecule has 0 aromatic carbocycles. The number of carbonyl (C=O) groups is 1. The van der Waals surface area contributed by atoms with Crippen molar-refractivity contribution in [3.05, 3.63) is 0 Å². The minimum atomic E-state index is 0.138. The number of nitrogens with one attached hydrogen (secondary N) is 1. The van der Waals surface area contributed by atoms with E-state index in [0.717, 1.165) is 38.7 Å². The van der Waals surface area contributed by atoms with E-state index in [1.165, 1.54) is 0 Å². The lowest BCUT2D eigenvalue weighted by Crippen LogP contribution is -2.46. The van der Waals surface area contributed by atoms with Crippen molar-refractivity contribution in [1.82, 2.24) is 20.0 Å². The largest absolute Gasteiger partial charge is 0.357 e. The number of carbonyl (C=O) groups excluding carboxylic acids is 1. The second kappa shape index (κ2) is 12.1. The summed E-state index contributed by atoms with van der Waals surface area (Å²) in [6.07, 6.45) is 0. The zero-order chi connectivity index (χ0) is 18.7. The Balaban J connectivity index is 4.78. The third-order valence-corrected chi connectivity index (χ3v) is 4.13. The molecule has 0 saturated heterocycles. The number of guanidine groups is 1. The Hall–Kier alpha value is -1.30. The fourth-order valence-corrected chi connectivity index (χ4v) is 2.81. The molecule has 0 saturated carbocycles. The van der Waals surface area contributed by atoms with Crippen LogP contribution in [0.5, 0.6) is 0 Å². The van der Waals surface area contributed by atoms with Gasteiger partial charge >= 0.3 is 0 Å². The van der Waals surface area contributed by atoms with E-state index in [9.17, 15) is 4.79 Å². The van der Waals surface area contributed by atoms with E-state index in [-0.39, 0.29) is 5.91 Å². The van der Waals surface area contributed by atoms with E-state index in [0.29, 0.717) is 18.6 Å². The fourth-order valence-electron chi connectivity index (χ4n) is 2.81. The van der Waals surface area contributed by atoms with Crippen LogP contribution in [-0.4, -0.2) is 85.0 Å². The second-order valence-electron chi connectivity index (χ2n) is 6.58. The Morgan fingerprint density at radius 3 is 2.00 bits per heavy atom. The molecule has 0 aliphatic carbocycles. The zero-order valence-electron chi connectivity index (χ0n) is 17.1. The summed E-state index contributed by atoms with van der Waals surface area (Å²) in [6, 6.07) is 1.01. The molecular weight excluding hydrogens is 302 g/mol. The van der Waals surface area contributed by atoms with Crippen molar-refractivity contribution in [3.63, 3.8) is 0 Å². The predicted octanol–water partition coefficient (Wildman–Crippen LogP) is 1.87. The van der Waals surface area contributed by atoms with Crippen LogP contribution in [0.15, 0.2) is 4.99 Å². The number of aliphatic imine (C=N–C) groups is 1. The third kappa shape index (κ3) is 7.99. The van der Waals surface area contributed by atoms with Crippen LogP contribution < -0.4 is 5.32 Å². The minimum absolute atomic E-state index is 0.138. The first-order valence-electron chi connectivity index (χ1n) is 9.31. The molecule has 0 unspecified atom stereocenters. The standard InChI is InChI=1S/C18H39N5O/c1-9-19-18(20-12-13-23(15(4)5)16(6)7)21(8)14-17(24)22(10-2)11-3/h15-16H,9-14H2,1-8H3,(H,19,20). The van der Waals surface area contributed by atoms with E-state index in [4.69, 9.17) is 4.99 Å². The molecule has 0 atom stereocenters. The molecule has 0 fully saturated rings. The monoisotopic (exact) mass is 341 g/mol. The topological polar surface area (TPSA) is 51.2 Å². The maximum absolute atomic E-state index is 12.3. The Kier molecular flexibility index (Phi) is 11.5. The quantitative estimate of drug-likeness (QED) is 0.487. The molecule has 0 spiro atoms. The van der Waals surface area contributed by atoms with Gasteiger partial charge in [0.05, 0.1) is 13.1 Å². The summed E-state index contributed by atoms with van der Waals surface area (Å²) in [7, 11) is 1.92. The second-order valence-corrected chi connectivity index (χ2v) is 6.58. The number of nitrogens with zero attached hydrogens (tertiary/aromatic N) is 4. The van der Waals surface area contributed by atoms with E-state index in [2.05, 4.69) is 37.9 Å². The van der Waals surface area contributed by atoms with Crippen molar-refractivity contribution < 1.29 is 4.79 Å². The van der Waals surface area contributed by atoms with Gasteiger partial charge in [0.15, 0.2) is 5.96 Å². The molecule has 142 valence electrons. The number of hydrogen-bond donors (Lipinski definition) is 1. The molecule has 24 heavy (non-hydrogen) atoms. The molecule has 0 bridgehead atoms. The van der Waals surface area contributed by atoms with Gasteiger partial charge in [0.25, 0.3) is 0 Å². The van der Waals surface area contributed by atoms with E-state index >= 15 is 0 Å². The molecule has 6 heteroatoms. The molecule has 0 aromatic heterocycles. The first kappa shape index (κ1) is 22.7. The lowest BCUT2D eigenvalue weighted by atomic mass is 10.2. The molecule has 1 N–H and O–H groups in total. The van der Waals surface area contributed by atoms with Gasteiger partial charge in [-0.1, -0.05) is 0 Å². The highest BCUT2D eigenvalue weighted by Gasteiger charge is 2.16. The van der Waals surface area contributed by atoms with E-state index in [1.807, 2.05) is 37.6 Å². The average molecular weight is 342 g/mol. The molecular formula is C18H39N5O. The molecule has 0 heterocycles. The van der Waals surface area contributed by atoms with Crippen LogP contribution >= 0.6 is 0 Å². The van der Waals surface area contributed by atoms with Gasteiger partial charge in [-0.2, -0.15) is 0 Å². The summed E-state index contributed by atoms with van der Waals surface area (Å²) >= 11 is 0. The van der Waals surface area contributed by atoms with Gasteiger partial charge < -0.3 is 15.1 Å². The smallest absolute Gasteiger partial charge is 0.242 e. The van der Waals surface area contributed by atoms with Crippen molar-refractivity contribution in [1.29, 1.82) is 0 Å². The molecule has 0 aliphatic rings. The lowest BCUT2D eigenvalue weighted by molar-refractivity contribution is -0.131. The van der Waals surface area contributed by atoms with Gasteiger partial charge in [-0.3, -0.25) is 14.7 Å². The summed E-state index contributed by atoms with van der Waals surface area (Å²) in [5.74, 6) is 0.935. The summed E-state index contributed by atoms with van der Waals surface area (Å²) in [6.45, 7) is 19.2. The summed E-state index contributed by atoms with van der Waals surface area (Å²) in [5.41, 5.74) is 0. The number of likely N-dealkylation sites (N-methyl/N-ethyl adjacent to an activating group) is 2. The van der Waals surface area contributed by atoms with Crippen LogP contribution in [0.2, 0.25) is 0 Å². The van der Waals surface area contributed by atoms with Gasteiger partial charge in [-0.05, 0) is 48.5 Å². The average Bonchev–Trinajstić information content (AvgIpc) is 2.50. The van der Waals surface area contributed by atoms with Crippen LogP contribution in [0.1, 0.15) is 48.5 Å². The maximum atomic E-state index is 12.3. The molecule has 1 amide bonds. The van der Waals surface area contributed by atoms with Gasteiger partial charge in [-0.15, -0.1) is 0 Å². The van der Waals surface area contributed by atoms with Crippen molar-refractivity contribution in [2.75, 3.05) is 46.3 Å². The van der Waals surface area contributed by atoms with Crippen molar-refractivity contribution in [3.8, 4) is 0 Å². The van der Waals surface area contributed by atoms with Crippen LogP contribution in [-0.2, 0) is 4.79 Å². The Morgan fingerprint density at radius 1 is 1.04 bits per heavy atom. The van der Waals surface area contributed by atoms with E-state index in [1.54, 1.807) is 0 Å². The third-order valence-electron chi connectivity index (χ3n) is 4.13. The van der Waals surface area contributed by atoms with Crippen LogP contribution in [0.25, 0.3) is 0 Å². The first-order valence-corrected chi connectivity index (χ1v) is 9.31. The van der Waals surface area contributed by atoms with Crippen molar-refractivity contribution >= 4 is 11.9 Å². The fraction of sp³-hybridized carbons (Fsp3) is 0.889. The Bertz CT molecular complexity index is 370. The van der Waals surface area contributed by atoms with Crippen LogP contribution in [0, 0.1) is 0 Å².